The molecule has 0 radical (unpaired) electrons. The van der Waals surface area contributed by atoms with E-state index < -0.39 is 0 Å². The van der Waals surface area contributed by atoms with Crippen LogP contribution in [-0.4, -0.2) is 49.2 Å². The number of aromatic nitrogens is 2. The van der Waals surface area contributed by atoms with Gasteiger partial charge in [-0.3, -0.25) is 4.79 Å². The van der Waals surface area contributed by atoms with Crippen LogP contribution < -0.4 is 10.2 Å². The smallest absolute Gasteiger partial charge is 0.256 e. The molecule has 6 nitrogen and oxygen atoms in total. The van der Waals surface area contributed by atoms with Crippen LogP contribution in [0.15, 0.2) is 30.5 Å². The highest BCUT2D eigenvalue weighted by molar-refractivity contribution is 5.98. The minimum absolute atomic E-state index is 0.154. The van der Waals surface area contributed by atoms with Crippen molar-refractivity contribution in [1.82, 2.24) is 15.3 Å². The molecule has 1 aromatic carbocycles. The number of aryl methyl sites for hydroxylation is 1. The van der Waals surface area contributed by atoms with Gasteiger partial charge in [-0.2, -0.15) is 0 Å². The summed E-state index contributed by atoms with van der Waals surface area (Å²) in [5, 5.41) is 2.88. The number of anilines is 1. The van der Waals surface area contributed by atoms with Crippen molar-refractivity contribution in [2.24, 2.45) is 0 Å². The molecule has 3 rings (SSSR count). The largest absolute Gasteiger partial charge is 0.383 e. The Hall–Kier alpha value is -2.47. The molecule has 1 saturated heterocycles. The fourth-order valence-corrected chi connectivity index (χ4v) is 3.16. The SMILES string of the molecule is COCCNC(=O)c1cnc(-c2cccc(C)c2)nc1N1CCCCC1. The Balaban J connectivity index is 1.94. The number of amides is 1. The van der Waals surface area contributed by atoms with Gasteiger partial charge in [0, 0.05) is 38.5 Å². The van der Waals surface area contributed by atoms with Crippen LogP contribution in [0.5, 0.6) is 0 Å². The van der Waals surface area contributed by atoms with Crippen molar-refractivity contribution in [2.75, 3.05) is 38.3 Å². The maximum absolute atomic E-state index is 12.6. The summed E-state index contributed by atoms with van der Waals surface area (Å²) >= 11 is 0. The lowest BCUT2D eigenvalue weighted by atomic mass is 10.1. The van der Waals surface area contributed by atoms with Crippen LogP contribution in [0.3, 0.4) is 0 Å². The van der Waals surface area contributed by atoms with E-state index in [4.69, 9.17) is 9.72 Å². The van der Waals surface area contributed by atoms with Gasteiger partial charge in [0.25, 0.3) is 5.91 Å². The van der Waals surface area contributed by atoms with Gasteiger partial charge < -0.3 is 15.0 Å². The molecule has 138 valence electrons. The zero-order valence-corrected chi connectivity index (χ0v) is 15.5. The molecule has 0 unspecified atom stereocenters. The monoisotopic (exact) mass is 354 g/mol. The molecular formula is C20H26N4O2. The van der Waals surface area contributed by atoms with Gasteiger partial charge in [0.15, 0.2) is 5.82 Å². The van der Waals surface area contributed by atoms with Crippen LogP contribution in [0.4, 0.5) is 5.82 Å². The predicted molar refractivity (Wildman–Crippen MR) is 102 cm³/mol. The number of carbonyl (C=O) groups is 1. The van der Waals surface area contributed by atoms with Crippen molar-refractivity contribution in [3.8, 4) is 11.4 Å². The van der Waals surface area contributed by atoms with E-state index in [-0.39, 0.29) is 5.91 Å². The second kappa shape index (κ2) is 8.76. The fraction of sp³-hybridized carbons (Fsp3) is 0.450. The Bertz CT molecular complexity index is 757. The number of hydrogen-bond acceptors (Lipinski definition) is 5. The lowest BCUT2D eigenvalue weighted by molar-refractivity contribution is 0.0937. The van der Waals surface area contributed by atoms with Crippen molar-refractivity contribution in [3.63, 3.8) is 0 Å². The van der Waals surface area contributed by atoms with E-state index >= 15 is 0 Å². The summed E-state index contributed by atoms with van der Waals surface area (Å²) in [6.45, 7) is 4.83. The van der Waals surface area contributed by atoms with Gasteiger partial charge in [-0.15, -0.1) is 0 Å². The Morgan fingerprint density at radius 3 is 2.81 bits per heavy atom. The zero-order chi connectivity index (χ0) is 18.4. The molecule has 0 atom stereocenters. The van der Waals surface area contributed by atoms with E-state index in [0.717, 1.165) is 42.9 Å². The van der Waals surface area contributed by atoms with E-state index in [1.54, 1.807) is 13.3 Å². The Labute approximate surface area is 154 Å². The summed E-state index contributed by atoms with van der Waals surface area (Å²) in [7, 11) is 1.62. The van der Waals surface area contributed by atoms with Gasteiger partial charge >= 0.3 is 0 Å². The maximum Gasteiger partial charge on any atom is 0.256 e. The molecule has 26 heavy (non-hydrogen) atoms. The predicted octanol–water partition coefficient (Wildman–Crippen LogP) is 2.82. The van der Waals surface area contributed by atoms with Crippen LogP contribution in [0, 0.1) is 6.92 Å². The molecule has 1 aliphatic heterocycles. The summed E-state index contributed by atoms with van der Waals surface area (Å²) in [6.07, 6.45) is 5.11. The lowest BCUT2D eigenvalue weighted by Gasteiger charge is -2.29. The first-order valence-electron chi connectivity index (χ1n) is 9.15. The summed E-state index contributed by atoms with van der Waals surface area (Å²) in [6, 6.07) is 8.11. The van der Waals surface area contributed by atoms with Crippen molar-refractivity contribution in [2.45, 2.75) is 26.2 Å². The molecule has 6 heteroatoms. The number of nitrogens with one attached hydrogen (secondary N) is 1. The van der Waals surface area contributed by atoms with Gasteiger partial charge in [0.1, 0.15) is 11.4 Å². The van der Waals surface area contributed by atoms with Gasteiger partial charge in [0.05, 0.1) is 6.61 Å². The number of benzene rings is 1. The van der Waals surface area contributed by atoms with Crippen molar-refractivity contribution < 1.29 is 9.53 Å². The molecule has 1 fully saturated rings. The van der Waals surface area contributed by atoms with Crippen LogP contribution >= 0.6 is 0 Å². The Morgan fingerprint density at radius 1 is 1.27 bits per heavy atom. The van der Waals surface area contributed by atoms with Gasteiger partial charge in [-0.25, -0.2) is 9.97 Å². The number of nitrogens with zero attached hydrogens (tertiary/aromatic N) is 3. The second-order valence-electron chi connectivity index (χ2n) is 6.60. The third kappa shape index (κ3) is 4.38. The van der Waals surface area contributed by atoms with Crippen LogP contribution in [0.1, 0.15) is 35.2 Å². The minimum atomic E-state index is -0.154. The molecular weight excluding hydrogens is 328 g/mol. The number of ether oxygens (including phenoxy) is 1. The molecule has 1 aliphatic rings. The highest BCUT2D eigenvalue weighted by atomic mass is 16.5. The number of piperidine rings is 1. The third-order valence-corrected chi connectivity index (χ3v) is 4.54. The molecule has 0 saturated carbocycles. The topological polar surface area (TPSA) is 67.3 Å². The Morgan fingerprint density at radius 2 is 2.08 bits per heavy atom. The van der Waals surface area contributed by atoms with E-state index in [0.29, 0.717) is 24.5 Å². The highest BCUT2D eigenvalue weighted by Crippen LogP contribution is 2.25. The molecule has 1 aromatic heterocycles. The zero-order valence-electron chi connectivity index (χ0n) is 15.5. The molecule has 0 spiro atoms. The van der Waals surface area contributed by atoms with E-state index in [1.165, 1.54) is 6.42 Å². The van der Waals surface area contributed by atoms with Crippen LogP contribution in [0.2, 0.25) is 0 Å². The van der Waals surface area contributed by atoms with Gasteiger partial charge in [0.2, 0.25) is 0 Å². The first-order valence-corrected chi connectivity index (χ1v) is 9.15. The summed E-state index contributed by atoms with van der Waals surface area (Å²) in [5.41, 5.74) is 2.65. The highest BCUT2D eigenvalue weighted by Gasteiger charge is 2.21. The first kappa shape index (κ1) is 18.3. The molecule has 2 heterocycles. The summed E-state index contributed by atoms with van der Waals surface area (Å²) in [4.78, 5) is 24.1. The molecule has 1 amide bonds. The van der Waals surface area contributed by atoms with E-state index in [9.17, 15) is 4.79 Å². The van der Waals surface area contributed by atoms with Gasteiger partial charge in [-0.05, 0) is 32.3 Å². The summed E-state index contributed by atoms with van der Waals surface area (Å²) in [5.74, 6) is 1.23. The molecule has 0 bridgehead atoms. The lowest BCUT2D eigenvalue weighted by Crippen LogP contribution is -2.34. The Kier molecular flexibility index (Phi) is 6.17. The average Bonchev–Trinajstić information content (AvgIpc) is 2.68. The number of carbonyl (C=O) groups excluding carboxylic acids is 1. The van der Waals surface area contributed by atoms with Crippen LogP contribution in [0.25, 0.3) is 11.4 Å². The molecule has 2 aromatic rings. The molecule has 1 N–H and O–H groups in total. The van der Waals surface area contributed by atoms with Crippen molar-refractivity contribution in [1.29, 1.82) is 0 Å². The quantitative estimate of drug-likeness (QED) is 0.808. The summed E-state index contributed by atoms with van der Waals surface area (Å²) < 4.78 is 5.01. The van der Waals surface area contributed by atoms with Crippen LogP contribution in [-0.2, 0) is 4.74 Å². The second-order valence-corrected chi connectivity index (χ2v) is 6.60. The van der Waals surface area contributed by atoms with E-state index in [1.807, 2.05) is 25.1 Å². The minimum Gasteiger partial charge on any atom is -0.383 e. The fourth-order valence-electron chi connectivity index (χ4n) is 3.16. The third-order valence-electron chi connectivity index (χ3n) is 4.54. The maximum atomic E-state index is 12.6. The number of methoxy groups -OCH3 is 1. The standard InChI is InChI=1S/C20H26N4O2/c1-15-7-6-8-16(13-15)18-22-14-17(20(25)21-9-12-26-2)19(23-18)24-10-4-3-5-11-24/h6-8,13-14H,3-5,9-12H2,1-2H3,(H,21,25). The average molecular weight is 354 g/mol. The first-order chi connectivity index (χ1) is 12.7. The van der Waals surface area contributed by atoms with Crippen molar-refractivity contribution in [3.05, 3.63) is 41.6 Å². The van der Waals surface area contributed by atoms with Gasteiger partial charge in [-0.1, -0.05) is 23.8 Å². The molecule has 0 aliphatic carbocycles. The normalized spacial score (nSPS) is 14.3. The van der Waals surface area contributed by atoms with Crippen molar-refractivity contribution >= 4 is 11.7 Å². The van der Waals surface area contributed by atoms with E-state index in [2.05, 4.69) is 21.3 Å². The number of hydrogen-bond donors (Lipinski definition) is 1. The number of rotatable bonds is 6.